The third kappa shape index (κ3) is 9.40. The number of carbonyl (C=O) groups is 1. The molecule has 0 saturated carbocycles. The van der Waals surface area contributed by atoms with Crippen LogP contribution in [0.15, 0.2) is 24.3 Å². The van der Waals surface area contributed by atoms with Crippen LogP contribution in [0.1, 0.15) is 39.2 Å². The predicted molar refractivity (Wildman–Crippen MR) is 91.1 cm³/mol. The minimum absolute atomic E-state index is 0.108. The minimum Gasteiger partial charge on any atom is -0.494 e. The number of ether oxygens (including phenoxy) is 1. The van der Waals surface area contributed by atoms with Gasteiger partial charge in [-0.1, -0.05) is 38.5 Å². The fourth-order valence-corrected chi connectivity index (χ4v) is 2.51. The summed E-state index contributed by atoms with van der Waals surface area (Å²) in [6.45, 7) is 9.91. The van der Waals surface area contributed by atoms with E-state index in [1.54, 1.807) is 0 Å². The van der Waals surface area contributed by atoms with E-state index in [1.807, 2.05) is 43.0 Å². The van der Waals surface area contributed by atoms with Gasteiger partial charge in [0.05, 0.1) is 6.61 Å². The summed E-state index contributed by atoms with van der Waals surface area (Å²) < 4.78 is 5.85. The van der Waals surface area contributed by atoms with E-state index in [-0.39, 0.29) is 10.7 Å². The van der Waals surface area contributed by atoms with Gasteiger partial charge in [-0.25, -0.2) is 0 Å². The molecule has 0 fully saturated rings. The maximum absolute atomic E-state index is 11.6. The monoisotopic (exact) mass is 309 g/mol. The highest BCUT2D eigenvalue weighted by atomic mass is 32.2. The highest BCUT2D eigenvalue weighted by Gasteiger charge is 2.09. The van der Waals surface area contributed by atoms with Gasteiger partial charge in [-0.2, -0.15) is 11.8 Å². The van der Waals surface area contributed by atoms with Crippen molar-refractivity contribution >= 4 is 17.7 Å². The van der Waals surface area contributed by atoms with E-state index in [2.05, 4.69) is 26.1 Å². The molecule has 0 aromatic heterocycles. The van der Waals surface area contributed by atoms with Crippen LogP contribution in [0, 0.1) is 6.92 Å². The maximum atomic E-state index is 11.6. The first-order valence-electron chi connectivity index (χ1n) is 7.47. The Labute approximate surface area is 132 Å². The first-order valence-corrected chi connectivity index (χ1v) is 8.45. The van der Waals surface area contributed by atoms with Crippen molar-refractivity contribution in [2.45, 2.75) is 45.3 Å². The Morgan fingerprint density at radius 2 is 1.90 bits per heavy atom. The van der Waals surface area contributed by atoms with Crippen molar-refractivity contribution in [3.8, 4) is 5.75 Å². The van der Waals surface area contributed by atoms with E-state index in [0.717, 1.165) is 24.5 Å². The number of nitrogens with one attached hydrogen (secondary N) is 1. The molecule has 0 aliphatic heterocycles. The lowest BCUT2D eigenvalue weighted by Crippen LogP contribution is -2.27. The van der Waals surface area contributed by atoms with Crippen LogP contribution >= 0.6 is 11.8 Å². The molecule has 0 radical (unpaired) electrons. The summed E-state index contributed by atoms with van der Waals surface area (Å²) in [5, 5.41) is 2.95. The number of amides is 1. The van der Waals surface area contributed by atoms with Crippen LogP contribution in [0.5, 0.6) is 5.75 Å². The molecule has 0 unspecified atom stereocenters. The van der Waals surface area contributed by atoms with E-state index in [1.165, 1.54) is 5.56 Å². The van der Waals surface area contributed by atoms with Gasteiger partial charge in [0.2, 0.25) is 5.91 Å². The molecule has 0 spiro atoms. The Morgan fingerprint density at radius 3 is 2.52 bits per heavy atom. The molecule has 0 heterocycles. The number of aryl methyl sites for hydroxylation is 1. The Balaban J connectivity index is 2.04. The first kappa shape index (κ1) is 17.9. The second kappa shape index (κ2) is 8.98. The number of thioether (sulfide) groups is 1. The largest absolute Gasteiger partial charge is 0.494 e. The zero-order chi connectivity index (χ0) is 15.7. The third-order valence-corrected chi connectivity index (χ3v) is 4.07. The van der Waals surface area contributed by atoms with Crippen LogP contribution in [-0.2, 0) is 4.79 Å². The molecule has 0 aliphatic rings. The standard InChI is InChI=1S/C17H27NO2S/c1-14-7-9-15(10-8-14)20-12-5-6-16(19)18-11-13-21-17(2,3)4/h7-10H,5-6,11-13H2,1-4H3,(H,18,19). The molecule has 0 bridgehead atoms. The molecule has 0 atom stereocenters. The van der Waals surface area contributed by atoms with Crippen LogP contribution in [0.25, 0.3) is 0 Å². The summed E-state index contributed by atoms with van der Waals surface area (Å²) >= 11 is 1.86. The van der Waals surface area contributed by atoms with E-state index in [9.17, 15) is 4.79 Å². The predicted octanol–water partition coefficient (Wildman–Crippen LogP) is 3.80. The highest BCUT2D eigenvalue weighted by Crippen LogP contribution is 2.21. The maximum Gasteiger partial charge on any atom is 0.220 e. The van der Waals surface area contributed by atoms with Crippen LogP contribution in [0.4, 0.5) is 0 Å². The molecule has 4 heteroatoms. The van der Waals surface area contributed by atoms with Gasteiger partial charge in [-0.05, 0) is 25.5 Å². The lowest BCUT2D eigenvalue weighted by Gasteiger charge is -2.17. The number of benzene rings is 1. The van der Waals surface area contributed by atoms with Crippen LogP contribution in [0.2, 0.25) is 0 Å². The Kier molecular flexibility index (Phi) is 7.65. The second-order valence-electron chi connectivity index (χ2n) is 6.08. The van der Waals surface area contributed by atoms with Crippen molar-refractivity contribution in [3.63, 3.8) is 0 Å². The fourth-order valence-electron chi connectivity index (χ4n) is 1.69. The molecule has 3 nitrogen and oxygen atoms in total. The summed E-state index contributed by atoms with van der Waals surface area (Å²) in [7, 11) is 0. The summed E-state index contributed by atoms with van der Waals surface area (Å²) in [6.07, 6.45) is 1.26. The van der Waals surface area contributed by atoms with Crippen molar-refractivity contribution < 1.29 is 9.53 Å². The molecule has 21 heavy (non-hydrogen) atoms. The lowest BCUT2D eigenvalue weighted by molar-refractivity contribution is -0.121. The van der Waals surface area contributed by atoms with Crippen molar-refractivity contribution in [1.82, 2.24) is 5.32 Å². The average Bonchev–Trinajstić information content (AvgIpc) is 2.41. The van der Waals surface area contributed by atoms with Gasteiger partial charge in [0.25, 0.3) is 0 Å². The molecule has 1 aromatic rings. The molecule has 118 valence electrons. The van der Waals surface area contributed by atoms with E-state index < -0.39 is 0 Å². The zero-order valence-electron chi connectivity index (χ0n) is 13.6. The molecular weight excluding hydrogens is 282 g/mol. The molecule has 1 rings (SSSR count). The second-order valence-corrected chi connectivity index (χ2v) is 8.00. The smallest absolute Gasteiger partial charge is 0.220 e. The van der Waals surface area contributed by atoms with Crippen LogP contribution in [0.3, 0.4) is 0 Å². The summed E-state index contributed by atoms with van der Waals surface area (Å²) in [5.41, 5.74) is 1.22. The summed E-state index contributed by atoms with van der Waals surface area (Å²) in [5.74, 6) is 1.93. The molecule has 0 aliphatic carbocycles. The Bertz CT molecular complexity index is 423. The van der Waals surface area contributed by atoms with E-state index in [4.69, 9.17) is 4.74 Å². The van der Waals surface area contributed by atoms with Crippen LogP contribution in [-0.4, -0.2) is 29.6 Å². The van der Waals surface area contributed by atoms with Crippen molar-refractivity contribution in [1.29, 1.82) is 0 Å². The van der Waals surface area contributed by atoms with Crippen molar-refractivity contribution in [2.24, 2.45) is 0 Å². The fraction of sp³-hybridized carbons (Fsp3) is 0.588. The molecule has 1 N–H and O–H groups in total. The van der Waals surface area contributed by atoms with Gasteiger partial charge in [-0.3, -0.25) is 4.79 Å². The lowest BCUT2D eigenvalue weighted by atomic mass is 10.2. The summed E-state index contributed by atoms with van der Waals surface area (Å²) in [4.78, 5) is 11.6. The first-order chi connectivity index (χ1) is 9.87. The van der Waals surface area contributed by atoms with Crippen molar-refractivity contribution in [2.75, 3.05) is 18.9 Å². The average molecular weight is 309 g/mol. The topological polar surface area (TPSA) is 38.3 Å². The molecule has 0 saturated heterocycles. The van der Waals surface area contributed by atoms with Crippen molar-refractivity contribution in [3.05, 3.63) is 29.8 Å². The van der Waals surface area contributed by atoms with Gasteiger partial charge in [0.15, 0.2) is 0 Å². The Hall–Kier alpha value is -1.16. The van der Waals surface area contributed by atoms with Gasteiger partial charge in [0.1, 0.15) is 5.75 Å². The number of hydrogen-bond donors (Lipinski definition) is 1. The molecule has 1 amide bonds. The van der Waals surface area contributed by atoms with Gasteiger partial charge < -0.3 is 10.1 Å². The normalized spacial score (nSPS) is 11.2. The van der Waals surface area contributed by atoms with E-state index >= 15 is 0 Å². The number of carbonyl (C=O) groups excluding carboxylic acids is 1. The quantitative estimate of drug-likeness (QED) is 0.742. The number of hydrogen-bond acceptors (Lipinski definition) is 3. The summed E-state index contributed by atoms with van der Waals surface area (Å²) in [6, 6.07) is 7.96. The van der Waals surface area contributed by atoms with Gasteiger partial charge in [-0.15, -0.1) is 0 Å². The molecular formula is C17H27NO2S. The Morgan fingerprint density at radius 1 is 1.24 bits per heavy atom. The van der Waals surface area contributed by atoms with Crippen LogP contribution < -0.4 is 10.1 Å². The molecule has 1 aromatic carbocycles. The van der Waals surface area contributed by atoms with Gasteiger partial charge in [0, 0.05) is 23.5 Å². The van der Waals surface area contributed by atoms with E-state index in [0.29, 0.717) is 13.0 Å². The minimum atomic E-state index is 0.108. The highest BCUT2D eigenvalue weighted by molar-refractivity contribution is 8.00. The number of rotatable bonds is 8. The third-order valence-electron chi connectivity index (χ3n) is 2.80. The van der Waals surface area contributed by atoms with Gasteiger partial charge >= 0.3 is 0 Å². The zero-order valence-corrected chi connectivity index (χ0v) is 14.4. The SMILES string of the molecule is Cc1ccc(OCCCC(=O)NCCSC(C)(C)C)cc1.